The number of phosphoric ester groups is 1. The first-order valence-electron chi connectivity index (χ1n) is 14.5. The minimum Gasteiger partial charge on any atom is -0.382 e. The molecule has 1 N–H and O–H groups in total. The van der Waals surface area contributed by atoms with Gasteiger partial charge in [0.15, 0.2) is 0 Å². The van der Waals surface area contributed by atoms with E-state index in [0.29, 0.717) is 65.6 Å². The largest absolute Gasteiger partial charge is 0.475 e. The first-order chi connectivity index (χ1) is 20.0. The van der Waals surface area contributed by atoms with Crippen molar-refractivity contribution < 1.29 is 41.9 Å². The molecular weight excluding hydrogens is 601 g/mol. The number of methoxy groups -OCH3 is 1. The number of carbonyl (C=O) groups excluding carboxylic acids is 1. The Morgan fingerprint density at radius 3 is 2.05 bits per heavy atom. The number of hydrogen-bond acceptors (Lipinski definition) is 11. The summed E-state index contributed by atoms with van der Waals surface area (Å²) in [5, 5.41) is 2.92. The van der Waals surface area contributed by atoms with Crippen molar-refractivity contribution in [3.8, 4) is 0 Å². The second kappa shape index (κ2) is 22.8. The van der Waals surface area contributed by atoms with Crippen LogP contribution in [0.25, 0.3) is 0 Å². The molecule has 0 saturated heterocycles. The summed E-state index contributed by atoms with van der Waals surface area (Å²) in [7, 11) is 1.40. The molecule has 1 amide bonds. The van der Waals surface area contributed by atoms with Crippen LogP contribution in [0.5, 0.6) is 0 Å². The number of carbonyl (C=O) groups is 1. The maximum Gasteiger partial charge on any atom is 0.475 e. The van der Waals surface area contributed by atoms with Crippen LogP contribution < -0.4 is 5.32 Å². The van der Waals surface area contributed by atoms with Gasteiger partial charge in [-0.05, 0) is 66.0 Å². The van der Waals surface area contributed by atoms with Crippen molar-refractivity contribution in [1.29, 1.82) is 0 Å². The highest BCUT2D eigenvalue weighted by molar-refractivity contribution is 8.77. The molecule has 0 saturated carbocycles. The third-order valence-corrected chi connectivity index (χ3v) is 10.6. The fourth-order valence-corrected chi connectivity index (χ4v) is 7.43. The second-order valence-electron chi connectivity index (χ2n) is 10.6. The highest BCUT2D eigenvalue weighted by Gasteiger charge is 2.29. The van der Waals surface area contributed by atoms with Crippen molar-refractivity contribution in [2.45, 2.75) is 82.7 Å². The van der Waals surface area contributed by atoms with Gasteiger partial charge in [-0.15, -0.1) is 0 Å². The molecule has 0 aromatic heterocycles. The summed E-state index contributed by atoms with van der Waals surface area (Å²) >= 11 is 0. The van der Waals surface area contributed by atoms with Gasteiger partial charge in [-0.2, -0.15) is 0 Å². The molecule has 0 aliphatic heterocycles. The smallest absolute Gasteiger partial charge is 0.382 e. The lowest BCUT2D eigenvalue weighted by Gasteiger charge is -2.24. The fourth-order valence-electron chi connectivity index (χ4n) is 3.31. The number of phosphoric acid groups is 1. The maximum atomic E-state index is 12.9. The summed E-state index contributed by atoms with van der Waals surface area (Å²) in [4.78, 5) is 13.5. The van der Waals surface area contributed by atoms with E-state index < -0.39 is 7.82 Å². The van der Waals surface area contributed by atoms with Crippen LogP contribution in [-0.2, 0) is 48.3 Å². The SMILES string of the molecule is COCCOCCOCCOCCNC(=O)CCC(C)(C)SSc1ccccc1CCOP(=O)(OC(C)C)OC(C)C. The lowest BCUT2D eigenvalue weighted by molar-refractivity contribution is -0.121. The third kappa shape index (κ3) is 20.3. The number of benzene rings is 1. The zero-order valence-electron chi connectivity index (χ0n) is 26.4. The van der Waals surface area contributed by atoms with E-state index in [1.807, 2.05) is 18.2 Å². The van der Waals surface area contributed by atoms with E-state index in [1.54, 1.807) is 56.4 Å². The minimum atomic E-state index is -3.64. The molecule has 10 nitrogen and oxygen atoms in total. The van der Waals surface area contributed by atoms with Crippen LogP contribution in [0.15, 0.2) is 29.2 Å². The third-order valence-electron chi connectivity index (χ3n) is 5.33. The first kappa shape index (κ1) is 39.4. The predicted octanol–water partition coefficient (Wildman–Crippen LogP) is 6.32. The van der Waals surface area contributed by atoms with Crippen LogP contribution in [0.1, 0.15) is 59.9 Å². The molecule has 0 heterocycles. The topological polar surface area (TPSA) is 111 Å². The van der Waals surface area contributed by atoms with Gasteiger partial charge in [-0.1, -0.05) is 39.8 Å². The highest BCUT2D eigenvalue weighted by atomic mass is 33.1. The standard InChI is InChI=1S/C29H52NO9PS2/c1-24(2)38-40(32,39-25(3)4)37-16-13-26-10-8-9-11-27(26)41-42-29(5,6)14-12-28(31)30-15-17-34-20-21-36-23-22-35-19-18-33-7/h8-11,24-25H,12-23H2,1-7H3,(H,30,31). The normalized spacial score (nSPS) is 12.4. The maximum absolute atomic E-state index is 12.9. The Bertz CT molecular complexity index is 892. The average molecular weight is 654 g/mol. The van der Waals surface area contributed by atoms with Gasteiger partial charge in [0, 0.05) is 29.7 Å². The molecule has 244 valence electrons. The Kier molecular flexibility index (Phi) is 21.4. The van der Waals surface area contributed by atoms with Crippen molar-refractivity contribution in [2.75, 3.05) is 66.5 Å². The van der Waals surface area contributed by atoms with Crippen molar-refractivity contribution in [1.82, 2.24) is 5.32 Å². The minimum absolute atomic E-state index is 0.0101. The summed E-state index contributed by atoms with van der Waals surface area (Å²) in [5.74, 6) is 0.0101. The van der Waals surface area contributed by atoms with Gasteiger partial charge >= 0.3 is 7.82 Å². The van der Waals surface area contributed by atoms with Gasteiger partial charge in [0.25, 0.3) is 0 Å². The molecule has 13 heteroatoms. The predicted molar refractivity (Wildman–Crippen MR) is 170 cm³/mol. The van der Waals surface area contributed by atoms with Gasteiger partial charge in [-0.3, -0.25) is 18.4 Å². The van der Waals surface area contributed by atoms with E-state index in [2.05, 4.69) is 25.2 Å². The number of amides is 1. The van der Waals surface area contributed by atoms with E-state index in [9.17, 15) is 9.36 Å². The van der Waals surface area contributed by atoms with Gasteiger partial charge < -0.3 is 24.3 Å². The van der Waals surface area contributed by atoms with Crippen LogP contribution in [0, 0.1) is 0 Å². The molecule has 1 aromatic carbocycles. The molecule has 0 bridgehead atoms. The van der Waals surface area contributed by atoms with Gasteiger partial charge in [0.1, 0.15) is 0 Å². The Hall–Kier alpha value is -0.660. The van der Waals surface area contributed by atoms with Crippen molar-refractivity contribution >= 4 is 35.3 Å². The molecule has 0 atom stereocenters. The van der Waals surface area contributed by atoms with E-state index in [1.165, 1.54) is 0 Å². The Labute approximate surface area is 261 Å². The Morgan fingerprint density at radius 2 is 1.45 bits per heavy atom. The Balaban J connectivity index is 2.31. The first-order valence-corrected chi connectivity index (χ1v) is 18.1. The highest BCUT2D eigenvalue weighted by Crippen LogP contribution is 2.52. The fraction of sp³-hybridized carbons (Fsp3) is 0.759. The lowest BCUT2D eigenvalue weighted by Crippen LogP contribution is -2.29. The molecule has 0 aliphatic carbocycles. The van der Waals surface area contributed by atoms with Gasteiger partial charge in [0.2, 0.25) is 5.91 Å². The molecular formula is C29H52NO9PS2. The molecule has 0 radical (unpaired) electrons. The molecule has 0 spiro atoms. The van der Waals surface area contributed by atoms with Crippen LogP contribution in [0.4, 0.5) is 0 Å². The molecule has 1 aromatic rings. The van der Waals surface area contributed by atoms with Gasteiger partial charge in [0.05, 0.1) is 65.1 Å². The van der Waals surface area contributed by atoms with Crippen LogP contribution in [0.2, 0.25) is 0 Å². The summed E-state index contributed by atoms with van der Waals surface area (Å²) in [6.07, 6.45) is 1.17. The number of hydrogen-bond donors (Lipinski definition) is 1. The quantitative estimate of drug-likeness (QED) is 0.0690. The van der Waals surface area contributed by atoms with Crippen LogP contribution in [-0.4, -0.2) is 89.4 Å². The number of ether oxygens (including phenoxy) is 4. The zero-order chi connectivity index (χ0) is 31.3. The van der Waals surface area contributed by atoms with E-state index in [0.717, 1.165) is 16.9 Å². The Morgan fingerprint density at radius 1 is 0.881 bits per heavy atom. The summed E-state index contributed by atoms with van der Waals surface area (Å²) in [6.45, 7) is 15.7. The van der Waals surface area contributed by atoms with E-state index in [4.69, 9.17) is 32.5 Å². The number of nitrogens with one attached hydrogen (secondary N) is 1. The van der Waals surface area contributed by atoms with Gasteiger partial charge in [-0.25, -0.2) is 4.57 Å². The second-order valence-corrected chi connectivity index (χ2v) is 15.0. The molecule has 42 heavy (non-hydrogen) atoms. The molecule has 0 fully saturated rings. The summed E-state index contributed by atoms with van der Waals surface area (Å²) < 4.78 is 50.6. The molecule has 1 rings (SSSR count). The average Bonchev–Trinajstić information content (AvgIpc) is 2.91. The monoisotopic (exact) mass is 653 g/mol. The van der Waals surface area contributed by atoms with Crippen LogP contribution >= 0.6 is 29.4 Å². The van der Waals surface area contributed by atoms with Crippen molar-refractivity contribution in [2.24, 2.45) is 0 Å². The van der Waals surface area contributed by atoms with Crippen molar-refractivity contribution in [3.63, 3.8) is 0 Å². The lowest BCUT2D eigenvalue weighted by atomic mass is 10.1. The van der Waals surface area contributed by atoms with E-state index >= 15 is 0 Å². The van der Waals surface area contributed by atoms with E-state index in [-0.39, 0.29) is 29.5 Å². The number of rotatable bonds is 26. The summed E-state index contributed by atoms with van der Waals surface area (Å²) in [5.41, 5.74) is 1.09. The molecule has 0 unspecified atom stereocenters. The molecule has 0 aliphatic rings. The zero-order valence-corrected chi connectivity index (χ0v) is 28.9. The van der Waals surface area contributed by atoms with Crippen molar-refractivity contribution in [3.05, 3.63) is 29.8 Å². The summed E-state index contributed by atoms with van der Waals surface area (Å²) in [6, 6.07) is 8.07. The van der Waals surface area contributed by atoms with Crippen LogP contribution in [0.3, 0.4) is 0 Å².